The zero-order chi connectivity index (χ0) is 21.2. The van der Waals surface area contributed by atoms with Gasteiger partial charge < -0.3 is 9.80 Å². The third-order valence-corrected chi connectivity index (χ3v) is 6.63. The molecule has 2 heterocycles. The highest BCUT2D eigenvalue weighted by atomic mass is 127. The summed E-state index contributed by atoms with van der Waals surface area (Å²) in [4.78, 5) is 16.9. The number of halogens is 1. The fourth-order valence-electron chi connectivity index (χ4n) is 3.94. The summed E-state index contributed by atoms with van der Waals surface area (Å²) in [5.74, 6) is 0.952. The van der Waals surface area contributed by atoms with Crippen molar-refractivity contribution in [3.05, 3.63) is 88.0 Å². The Morgan fingerprint density at radius 1 is 0.774 bits per heavy atom. The first-order valence-electron chi connectivity index (χ1n) is 10.3. The van der Waals surface area contributed by atoms with Crippen molar-refractivity contribution >= 4 is 45.1 Å². The van der Waals surface area contributed by atoms with Crippen molar-refractivity contribution in [1.29, 1.82) is 0 Å². The summed E-state index contributed by atoms with van der Waals surface area (Å²) in [6.45, 7) is 2.86. The minimum absolute atomic E-state index is 0.0994. The molecule has 1 aliphatic rings. The van der Waals surface area contributed by atoms with E-state index < -0.39 is 0 Å². The molecular formula is C25H21IN4O. The van der Waals surface area contributed by atoms with E-state index in [-0.39, 0.29) is 5.91 Å². The van der Waals surface area contributed by atoms with Crippen molar-refractivity contribution in [2.45, 2.75) is 0 Å². The van der Waals surface area contributed by atoms with Crippen LogP contribution in [0.5, 0.6) is 0 Å². The quantitative estimate of drug-likeness (QED) is 0.362. The van der Waals surface area contributed by atoms with Crippen molar-refractivity contribution in [1.82, 2.24) is 15.1 Å². The Morgan fingerprint density at radius 3 is 2.26 bits per heavy atom. The van der Waals surface area contributed by atoms with Crippen molar-refractivity contribution in [3.63, 3.8) is 0 Å². The molecule has 0 aliphatic carbocycles. The molecule has 154 valence electrons. The van der Waals surface area contributed by atoms with Gasteiger partial charge in [-0.25, -0.2) is 0 Å². The van der Waals surface area contributed by atoms with Gasteiger partial charge in [-0.1, -0.05) is 48.5 Å². The molecule has 1 saturated heterocycles. The molecule has 0 bridgehead atoms. The minimum atomic E-state index is 0.0994. The third-order valence-electron chi connectivity index (χ3n) is 5.69. The van der Waals surface area contributed by atoms with E-state index >= 15 is 0 Å². The van der Waals surface area contributed by atoms with E-state index in [2.05, 4.69) is 68.0 Å². The minimum Gasteiger partial charge on any atom is -0.352 e. The molecule has 3 aromatic carbocycles. The lowest BCUT2D eigenvalue weighted by atomic mass is 10.1. The topological polar surface area (TPSA) is 49.3 Å². The van der Waals surface area contributed by atoms with Crippen molar-refractivity contribution in [2.24, 2.45) is 0 Å². The SMILES string of the molecule is O=C(c1ccccc1I)N1CCN(c2ccc(-c3ccc4ccccc4c3)nn2)CC1. The molecule has 6 heteroatoms. The highest BCUT2D eigenvalue weighted by Crippen LogP contribution is 2.24. The van der Waals surface area contributed by atoms with E-state index in [1.807, 2.05) is 53.4 Å². The van der Waals surface area contributed by atoms with Crippen LogP contribution in [0.25, 0.3) is 22.0 Å². The number of hydrogen-bond acceptors (Lipinski definition) is 4. The highest BCUT2D eigenvalue weighted by Gasteiger charge is 2.24. The predicted molar refractivity (Wildman–Crippen MR) is 132 cm³/mol. The molecule has 0 N–H and O–H groups in total. The second kappa shape index (κ2) is 8.63. The summed E-state index contributed by atoms with van der Waals surface area (Å²) < 4.78 is 0.989. The van der Waals surface area contributed by atoms with E-state index in [9.17, 15) is 4.79 Å². The molecule has 0 unspecified atom stereocenters. The Balaban J connectivity index is 1.27. The van der Waals surface area contributed by atoms with Crippen LogP contribution in [0.4, 0.5) is 5.82 Å². The Morgan fingerprint density at radius 2 is 1.52 bits per heavy atom. The number of fused-ring (bicyclic) bond motifs is 1. The first-order valence-corrected chi connectivity index (χ1v) is 11.4. The maximum atomic E-state index is 12.8. The number of aromatic nitrogens is 2. The van der Waals surface area contributed by atoms with Gasteiger partial charge in [-0.2, -0.15) is 0 Å². The number of rotatable bonds is 3. The van der Waals surface area contributed by atoms with Crippen LogP contribution in [0.15, 0.2) is 78.9 Å². The first kappa shape index (κ1) is 19.9. The molecule has 0 saturated carbocycles. The zero-order valence-corrected chi connectivity index (χ0v) is 19.1. The molecule has 1 fully saturated rings. The second-order valence-corrected chi connectivity index (χ2v) is 8.76. The Kier molecular flexibility index (Phi) is 5.55. The van der Waals surface area contributed by atoms with Gasteiger partial charge in [0.15, 0.2) is 5.82 Å². The van der Waals surface area contributed by atoms with Crippen molar-refractivity contribution in [3.8, 4) is 11.3 Å². The summed E-state index contributed by atoms with van der Waals surface area (Å²) in [7, 11) is 0. The molecule has 1 aromatic heterocycles. The molecular weight excluding hydrogens is 499 g/mol. The average Bonchev–Trinajstić information content (AvgIpc) is 2.84. The molecule has 1 amide bonds. The van der Waals surface area contributed by atoms with Gasteiger partial charge in [-0.05, 0) is 63.7 Å². The number of benzene rings is 3. The molecule has 1 aliphatic heterocycles. The van der Waals surface area contributed by atoms with Gasteiger partial charge >= 0.3 is 0 Å². The first-order chi connectivity index (χ1) is 15.2. The largest absolute Gasteiger partial charge is 0.352 e. The van der Waals surface area contributed by atoms with E-state index in [4.69, 9.17) is 0 Å². The number of amides is 1. The Hall–Kier alpha value is -3.00. The predicted octanol–water partition coefficient (Wildman–Crippen LogP) is 4.86. The number of carbonyl (C=O) groups is 1. The second-order valence-electron chi connectivity index (χ2n) is 7.60. The van der Waals surface area contributed by atoms with Crippen LogP contribution in [0.3, 0.4) is 0 Å². The number of nitrogens with zero attached hydrogens (tertiary/aromatic N) is 4. The van der Waals surface area contributed by atoms with Gasteiger partial charge in [0.2, 0.25) is 0 Å². The van der Waals surface area contributed by atoms with Crippen LogP contribution in [-0.4, -0.2) is 47.2 Å². The Bertz CT molecular complexity index is 1230. The van der Waals surface area contributed by atoms with Crippen LogP contribution < -0.4 is 4.90 Å². The van der Waals surface area contributed by atoms with E-state index in [1.54, 1.807) is 0 Å². The summed E-state index contributed by atoms with van der Waals surface area (Å²) in [6, 6.07) is 26.4. The summed E-state index contributed by atoms with van der Waals surface area (Å²) in [6.07, 6.45) is 0. The molecule has 5 rings (SSSR count). The van der Waals surface area contributed by atoms with Crippen molar-refractivity contribution < 1.29 is 4.79 Å². The van der Waals surface area contributed by atoms with Crippen LogP contribution in [0.1, 0.15) is 10.4 Å². The van der Waals surface area contributed by atoms with Gasteiger partial charge in [0.25, 0.3) is 5.91 Å². The fraction of sp³-hybridized carbons (Fsp3) is 0.160. The number of anilines is 1. The van der Waals surface area contributed by atoms with Gasteiger partial charge in [0.05, 0.1) is 11.3 Å². The molecule has 5 nitrogen and oxygen atoms in total. The maximum absolute atomic E-state index is 12.8. The number of piperazine rings is 1. The van der Waals surface area contributed by atoms with Crippen LogP contribution in [0.2, 0.25) is 0 Å². The molecule has 31 heavy (non-hydrogen) atoms. The lowest BCUT2D eigenvalue weighted by Crippen LogP contribution is -2.49. The summed E-state index contributed by atoms with van der Waals surface area (Å²) in [5.41, 5.74) is 2.70. The van der Waals surface area contributed by atoms with Gasteiger partial charge in [0.1, 0.15) is 0 Å². The van der Waals surface area contributed by atoms with Gasteiger partial charge in [0, 0.05) is 35.3 Å². The fourth-order valence-corrected chi connectivity index (χ4v) is 4.56. The maximum Gasteiger partial charge on any atom is 0.255 e. The molecule has 0 spiro atoms. The van der Waals surface area contributed by atoms with Crippen molar-refractivity contribution in [2.75, 3.05) is 31.1 Å². The van der Waals surface area contributed by atoms with Crippen LogP contribution in [0, 0.1) is 3.57 Å². The van der Waals surface area contributed by atoms with E-state index in [1.165, 1.54) is 10.8 Å². The molecule has 4 aromatic rings. The lowest BCUT2D eigenvalue weighted by molar-refractivity contribution is 0.0745. The third kappa shape index (κ3) is 4.12. The number of carbonyl (C=O) groups excluding carboxylic acids is 1. The summed E-state index contributed by atoms with van der Waals surface area (Å²) >= 11 is 2.22. The Labute approximate surface area is 194 Å². The highest BCUT2D eigenvalue weighted by molar-refractivity contribution is 14.1. The monoisotopic (exact) mass is 520 g/mol. The van der Waals surface area contributed by atoms with E-state index in [0.29, 0.717) is 13.1 Å². The number of hydrogen-bond donors (Lipinski definition) is 0. The summed E-state index contributed by atoms with van der Waals surface area (Å²) in [5, 5.41) is 11.4. The standard InChI is InChI=1S/C25H21IN4O/c26-22-8-4-3-7-21(22)25(31)30-15-13-29(14-16-30)24-12-11-23(27-28-24)20-10-9-18-5-1-2-6-19(18)17-20/h1-12,17H,13-16H2. The van der Waals surface area contributed by atoms with Crippen LogP contribution >= 0.6 is 22.6 Å². The molecule has 0 radical (unpaired) electrons. The lowest BCUT2D eigenvalue weighted by Gasteiger charge is -2.35. The smallest absolute Gasteiger partial charge is 0.255 e. The van der Waals surface area contributed by atoms with E-state index in [0.717, 1.165) is 39.3 Å². The normalized spacial score (nSPS) is 14.1. The average molecular weight is 520 g/mol. The van der Waals surface area contributed by atoms with Gasteiger partial charge in [-0.15, -0.1) is 10.2 Å². The van der Waals surface area contributed by atoms with Gasteiger partial charge in [-0.3, -0.25) is 4.79 Å². The molecule has 0 atom stereocenters. The van der Waals surface area contributed by atoms with Crippen LogP contribution in [-0.2, 0) is 0 Å². The zero-order valence-electron chi connectivity index (χ0n) is 16.9.